The SMILES string of the molecule is CCNC(=NCC(C)(C)N1CCc2ccccc2C1)NC1CCCC(S(=O)CC)C1.I. The van der Waals surface area contributed by atoms with E-state index < -0.39 is 10.8 Å². The van der Waals surface area contributed by atoms with E-state index >= 15 is 0 Å². The van der Waals surface area contributed by atoms with Gasteiger partial charge in [-0.2, -0.15) is 0 Å². The molecule has 0 amide bonds. The van der Waals surface area contributed by atoms with Crippen LogP contribution in [0.25, 0.3) is 0 Å². The van der Waals surface area contributed by atoms with E-state index in [1.807, 2.05) is 6.92 Å². The molecule has 1 fully saturated rings. The molecule has 2 aliphatic rings. The van der Waals surface area contributed by atoms with Crippen LogP contribution in [0.2, 0.25) is 0 Å². The van der Waals surface area contributed by atoms with Gasteiger partial charge in [0.05, 0.1) is 6.54 Å². The molecule has 3 rings (SSSR count). The molecule has 1 saturated carbocycles. The van der Waals surface area contributed by atoms with Gasteiger partial charge in [0.2, 0.25) is 0 Å². The zero-order chi connectivity index (χ0) is 21.6. The summed E-state index contributed by atoms with van der Waals surface area (Å²) in [5, 5.41) is 7.39. The molecule has 0 aromatic heterocycles. The molecule has 2 N–H and O–H groups in total. The number of hydrogen-bond acceptors (Lipinski definition) is 3. The van der Waals surface area contributed by atoms with Crippen molar-refractivity contribution < 1.29 is 4.21 Å². The van der Waals surface area contributed by atoms with Crippen molar-refractivity contribution in [1.29, 1.82) is 0 Å². The molecule has 1 heterocycles. The summed E-state index contributed by atoms with van der Waals surface area (Å²) in [6.45, 7) is 12.4. The van der Waals surface area contributed by atoms with Crippen LogP contribution >= 0.6 is 24.0 Å². The fourth-order valence-corrected chi connectivity index (χ4v) is 6.00. The second-order valence-corrected chi connectivity index (χ2v) is 11.3. The van der Waals surface area contributed by atoms with Crippen LogP contribution in [-0.4, -0.2) is 57.3 Å². The van der Waals surface area contributed by atoms with Crippen molar-refractivity contribution in [1.82, 2.24) is 15.5 Å². The van der Waals surface area contributed by atoms with Crippen LogP contribution in [0, 0.1) is 0 Å². The Balaban J connectivity index is 0.00000341. The van der Waals surface area contributed by atoms with E-state index in [4.69, 9.17) is 4.99 Å². The van der Waals surface area contributed by atoms with Crippen LogP contribution in [-0.2, 0) is 23.8 Å². The highest BCUT2D eigenvalue weighted by molar-refractivity contribution is 14.0. The molecule has 3 atom stereocenters. The van der Waals surface area contributed by atoms with Gasteiger partial charge in [-0.25, -0.2) is 0 Å². The summed E-state index contributed by atoms with van der Waals surface area (Å²) in [5.74, 6) is 1.66. The monoisotopic (exact) mass is 560 g/mol. The number of hydrogen-bond donors (Lipinski definition) is 2. The molecule has 31 heavy (non-hydrogen) atoms. The third-order valence-electron chi connectivity index (χ3n) is 6.58. The number of rotatable bonds is 7. The van der Waals surface area contributed by atoms with Gasteiger partial charge in [-0.05, 0) is 57.6 Å². The molecule has 0 radical (unpaired) electrons. The topological polar surface area (TPSA) is 56.7 Å². The van der Waals surface area contributed by atoms with Crippen molar-refractivity contribution >= 4 is 40.7 Å². The number of guanidine groups is 1. The Labute approximate surface area is 208 Å². The van der Waals surface area contributed by atoms with Crippen LogP contribution in [0.4, 0.5) is 0 Å². The number of aliphatic imine (C=N–C) groups is 1. The molecule has 1 aromatic rings. The van der Waals surface area contributed by atoms with Gasteiger partial charge in [0.25, 0.3) is 0 Å². The van der Waals surface area contributed by atoms with Crippen molar-refractivity contribution in [2.24, 2.45) is 4.99 Å². The van der Waals surface area contributed by atoms with E-state index in [2.05, 4.69) is 60.6 Å². The minimum absolute atomic E-state index is 0. The Kier molecular flexibility index (Phi) is 10.8. The summed E-state index contributed by atoms with van der Waals surface area (Å²) in [4.78, 5) is 7.54. The lowest BCUT2D eigenvalue weighted by Gasteiger charge is -2.41. The Bertz CT molecular complexity index is 755. The molecule has 1 aliphatic carbocycles. The number of benzene rings is 1. The molecule has 3 unspecified atom stereocenters. The fourth-order valence-electron chi connectivity index (χ4n) is 4.65. The Hall–Kier alpha value is -0.670. The lowest BCUT2D eigenvalue weighted by atomic mass is 9.94. The highest BCUT2D eigenvalue weighted by Gasteiger charge is 2.30. The molecule has 5 nitrogen and oxygen atoms in total. The summed E-state index contributed by atoms with van der Waals surface area (Å²) in [6.07, 6.45) is 5.47. The van der Waals surface area contributed by atoms with Gasteiger partial charge in [0.1, 0.15) is 0 Å². The summed E-state index contributed by atoms with van der Waals surface area (Å²) in [6, 6.07) is 9.16. The second-order valence-electron chi connectivity index (χ2n) is 9.25. The summed E-state index contributed by atoms with van der Waals surface area (Å²) in [5.41, 5.74) is 2.93. The van der Waals surface area contributed by atoms with Crippen LogP contribution in [0.1, 0.15) is 64.5 Å². The molecule has 0 bridgehead atoms. The van der Waals surface area contributed by atoms with Crippen molar-refractivity contribution in [2.75, 3.05) is 25.4 Å². The van der Waals surface area contributed by atoms with Gasteiger partial charge in [0.15, 0.2) is 5.96 Å². The average molecular weight is 561 g/mol. The third-order valence-corrected chi connectivity index (χ3v) is 8.32. The first-order valence-corrected chi connectivity index (χ1v) is 13.0. The molecule has 7 heteroatoms. The smallest absolute Gasteiger partial charge is 0.191 e. The lowest BCUT2D eigenvalue weighted by Crippen LogP contribution is -2.50. The Morgan fingerprint density at radius 2 is 1.97 bits per heavy atom. The van der Waals surface area contributed by atoms with Crippen molar-refractivity contribution in [3.63, 3.8) is 0 Å². The Morgan fingerprint density at radius 3 is 2.68 bits per heavy atom. The van der Waals surface area contributed by atoms with Crippen LogP contribution in [0.15, 0.2) is 29.3 Å². The predicted molar refractivity (Wildman–Crippen MR) is 144 cm³/mol. The number of nitrogens with zero attached hydrogens (tertiary/aromatic N) is 2. The number of halogens is 1. The molecular weight excluding hydrogens is 519 g/mol. The summed E-state index contributed by atoms with van der Waals surface area (Å²) < 4.78 is 12.3. The largest absolute Gasteiger partial charge is 0.357 e. The molecule has 1 aromatic carbocycles. The van der Waals surface area contributed by atoms with Crippen molar-refractivity contribution in [3.8, 4) is 0 Å². The molecule has 0 saturated heterocycles. The van der Waals surface area contributed by atoms with E-state index in [-0.39, 0.29) is 29.5 Å². The van der Waals surface area contributed by atoms with Crippen LogP contribution < -0.4 is 10.6 Å². The first-order chi connectivity index (χ1) is 14.4. The maximum atomic E-state index is 12.3. The summed E-state index contributed by atoms with van der Waals surface area (Å²) >= 11 is 0. The maximum absolute atomic E-state index is 12.3. The van der Waals surface area contributed by atoms with E-state index in [9.17, 15) is 4.21 Å². The molecule has 176 valence electrons. The van der Waals surface area contributed by atoms with Crippen LogP contribution in [0.3, 0.4) is 0 Å². The van der Waals surface area contributed by atoms with Gasteiger partial charge >= 0.3 is 0 Å². The van der Waals surface area contributed by atoms with Gasteiger partial charge in [-0.15, -0.1) is 24.0 Å². The van der Waals surface area contributed by atoms with E-state index in [0.717, 1.165) is 70.0 Å². The quantitative estimate of drug-likeness (QED) is 0.300. The normalized spacial score (nSPS) is 23.4. The zero-order valence-corrected chi connectivity index (χ0v) is 22.8. The van der Waals surface area contributed by atoms with Gasteiger partial charge < -0.3 is 10.6 Å². The van der Waals surface area contributed by atoms with E-state index in [1.165, 1.54) is 11.1 Å². The van der Waals surface area contributed by atoms with Crippen LogP contribution in [0.5, 0.6) is 0 Å². The maximum Gasteiger partial charge on any atom is 0.191 e. The number of nitrogens with one attached hydrogen (secondary N) is 2. The Morgan fingerprint density at radius 1 is 1.23 bits per heavy atom. The average Bonchev–Trinajstić information content (AvgIpc) is 2.77. The standard InChI is InChI=1S/C24H40N4OS.HI/c1-5-25-23(27-21-12-9-13-22(16-21)30(29)6-2)26-18-24(3,4)28-15-14-19-10-7-8-11-20(19)17-28;/h7-8,10-11,21-22H,5-6,9,12-18H2,1-4H3,(H2,25,26,27);1H. The van der Waals surface area contributed by atoms with Gasteiger partial charge in [-0.1, -0.05) is 37.6 Å². The van der Waals surface area contributed by atoms with Gasteiger partial charge in [-0.3, -0.25) is 14.1 Å². The fraction of sp³-hybridized carbons (Fsp3) is 0.708. The second kappa shape index (κ2) is 12.5. The minimum Gasteiger partial charge on any atom is -0.357 e. The molecule has 0 spiro atoms. The van der Waals surface area contributed by atoms with E-state index in [1.54, 1.807) is 0 Å². The third kappa shape index (κ3) is 7.42. The predicted octanol–water partition coefficient (Wildman–Crippen LogP) is 4.08. The minimum atomic E-state index is -0.699. The first-order valence-electron chi connectivity index (χ1n) is 11.7. The lowest BCUT2D eigenvalue weighted by molar-refractivity contribution is 0.111. The summed E-state index contributed by atoms with van der Waals surface area (Å²) in [7, 11) is -0.699. The van der Waals surface area contributed by atoms with E-state index in [0.29, 0.717) is 11.3 Å². The van der Waals surface area contributed by atoms with Gasteiger partial charge in [0, 0.05) is 53.0 Å². The van der Waals surface area contributed by atoms with Crippen molar-refractivity contribution in [3.05, 3.63) is 35.4 Å². The highest BCUT2D eigenvalue weighted by atomic mass is 127. The first kappa shape index (κ1) is 26.6. The zero-order valence-electron chi connectivity index (χ0n) is 19.7. The number of fused-ring (bicyclic) bond motifs is 1. The molecule has 1 aliphatic heterocycles. The van der Waals surface area contributed by atoms with Crippen molar-refractivity contribution in [2.45, 2.75) is 83.2 Å². The molecular formula is C24H41IN4OS. The highest BCUT2D eigenvalue weighted by Crippen LogP contribution is 2.26.